The van der Waals surface area contributed by atoms with Crippen LogP contribution in [0.5, 0.6) is 0 Å². The highest BCUT2D eigenvalue weighted by Crippen LogP contribution is 2.33. The van der Waals surface area contributed by atoms with Gasteiger partial charge in [-0.3, -0.25) is 0 Å². The molecule has 0 saturated heterocycles. The van der Waals surface area contributed by atoms with Crippen LogP contribution in [-0.4, -0.2) is 4.98 Å². The van der Waals surface area contributed by atoms with Crippen molar-refractivity contribution in [2.24, 2.45) is 0 Å². The first-order chi connectivity index (χ1) is 8.83. The van der Waals surface area contributed by atoms with E-state index in [9.17, 15) is 0 Å². The van der Waals surface area contributed by atoms with Crippen LogP contribution in [0.3, 0.4) is 0 Å². The maximum Gasteiger partial charge on any atom is 0.226 e. The molecule has 1 aliphatic rings. The van der Waals surface area contributed by atoms with Crippen LogP contribution < -0.4 is 0 Å². The maximum atomic E-state index is 5.63. The number of oxazole rings is 1. The van der Waals surface area contributed by atoms with Crippen molar-refractivity contribution in [1.29, 1.82) is 0 Å². The Morgan fingerprint density at radius 2 is 1.78 bits per heavy atom. The lowest BCUT2D eigenvalue weighted by atomic mass is 9.87. The Hall–Kier alpha value is -1.57. The molecule has 0 aliphatic heterocycles. The van der Waals surface area contributed by atoms with Crippen LogP contribution in [0.25, 0.3) is 11.5 Å². The van der Waals surface area contributed by atoms with Crippen molar-refractivity contribution in [2.45, 2.75) is 44.9 Å². The number of nitrogens with zero attached hydrogens (tertiary/aromatic N) is 1. The van der Waals surface area contributed by atoms with Crippen molar-refractivity contribution >= 4 is 0 Å². The minimum Gasteiger partial charge on any atom is -0.444 e. The van der Waals surface area contributed by atoms with Crippen LogP contribution in [-0.2, 0) is 0 Å². The highest BCUT2D eigenvalue weighted by Gasteiger charge is 2.19. The van der Waals surface area contributed by atoms with Crippen LogP contribution in [0, 0.1) is 6.92 Å². The van der Waals surface area contributed by atoms with Gasteiger partial charge in [0.25, 0.3) is 0 Å². The lowest BCUT2D eigenvalue weighted by Crippen LogP contribution is -2.04. The van der Waals surface area contributed by atoms with Crippen LogP contribution in [0.2, 0.25) is 0 Å². The normalized spacial score (nSPS) is 16.9. The summed E-state index contributed by atoms with van der Waals surface area (Å²) < 4.78 is 5.63. The Labute approximate surface area is 108 Å². The molecule has 2 aromatic rings. The van der Waals surface area contributed by atoms with E-state index in [2.05, 4.69) is 36.2 Å². The lowest BCUT2D eigenvalue weighted by Gasteiger charge is -2.18. The van der Waals surface area contributed by atoms with Gasteiger partial charge in [0.05, 0.1) is 5.69 Å². The number of rotatable bonds is 2. The molecule has 2 nitrogen and oxygen atoms in total. The summed E-state index contributed by atoms with van der Waals surface area (Å²) in [6.07, 6.45) is 8.42. The van der Waals surface area contributed by atoms with Crippen molar-refractivity contribution in [2.75, 3.05) is 0 Å². The summed E-state index contributed by atoms with van der Waals surface area (Å²) in [5, 5.41) is 0. The Balaban J connectivity index is 1.82. The largest absolute Gasteiger partial charge is 0.444 e. The van der Waals surface area contributed by atoms with E-state index in [1.165, 1.54) is 37.7 Å². The van der Waals surface area contributed by atoms with Crippen LogP contribution in [0.1, 0.15) is 49.3 Å². The fourth-order valence-electron chi connectivity index (χ4n) is 2.70. The average molecular weight is 241 g/mol. The monoisotopic (exact) mass is 241 g/mol. The van der Waals surface area contributed by atoms with Gasteiger partial charge in [-0.25, -0.2) is 4.98 Å². The van der Waals surface area contributed by atoms with Gasteiger partial charge in [0.15, 0.2) is 0 Å². The lowest BCUT2D eigenvalue weighted by molar-refractivity contribution is 0.435. The zero-order valence-corrected chi connectivity index (χ0v) is 10.9. The van der Waals surface area contributed by atoms with E-state index in [1.807, 2.05) is 6.26 Å². The Kier molecular flexibility index (Phi) is 3.18. The Morgan fingerprint density at radius 1 is 1.06 bits per heavy atom. The molecule has 1 heterocycles. The van der Waals surface area contributed by atoms with Crippen LogP contribution in [0.15, 0.2) is 34.9 Å². The second-order valence-electron chi connectivity index (χ2n) is 5.28. The summed E-state index contributed by atoms with van der Waals surface area (Å²) in [4.78, 5) is 4.67. The van der Waals surface area contributed by atoms with Crippen LogP contribution >= 0.6 is 0 Å². The molecule has 0 unspecified atom stereocenters. The van der Waals surface area contributed by atoms with Crippen LogP contribution in [0.4, 0.5) is 0 Å². The predicted octanol–water partition coefficient (Wildman–Crippen LogP) is 4.70. The third-order valence-corrected chi connectivity index (χ3v) is 3.84. The van der Waals surface area contributed by atoms with E-state index in [-0.39, 0.29) is 0 Å². The molecule has 0 amide bonds. The van der Waals surface area contributed by atoms with Gasteiger partial charge >= 0.3 is 0 Å². The summed E-state index contributed by atoms with van der Waals surface area (Å²) in [6.45, 7) is 2.09. The Morgan fingerprint density at radius 3 is 2.50 bits per heavy atom. The third kappa shape index (κ3) is 2.33. The molecule has 1 aromatic carbocycles. The number of hydrogen-bond donors (Lipinski definition) is 0. The van der Waals surface area contributed by atoms with Gasteiger partial charge in [-0.15, -0.1) is 0 Å². The first-order valence-electron chi connectivity index (χ1n) is 6.85. The standard InChI is InChI=1S/C16H19NO/c1-12-7-9-14(10-8-12)16-17-15(11-18-16)13-5-3-2-4-6-13/h7-11,13H,2-6H2,1H3. The van der Waals surface area contributed by atoms with E-state index in [4.69, 9.17) is 4.42 Å². The zero-order chi connectivity index (χ0) is 12.4. The molecular formula is C16H19NO. The predicted molar refractivity (Wildman–Crippen MR) is 72.5 cm³/mol. The first kappa shape index (κ1) is 11.5. The maximum absolute atomic E-state index is 5.63. The highest BCUT2D eigenvalue weighted by atomic mass is 16.3. The van der Waals surface area contributed by atoms with Gasteiger partial charge in [-0.2, -0.15) is 0 Å². The molecule has 1 fully saturated rings. The van der Waals surface area contributed by atoms with Gasteiger partial charge in [0.1, 0.15) is 6.26 Å². The number of aromatic nitrogens is 1. The Bertz CT molecular complexity index is 506. The van der Waals surface area contributed by atoms with E-state index >= 15 is 0 Å². The van der Waals surface area contributed by atoms with Crippen molar-refractivity contribution in [3.8, 4) is 11.5 Å². The quantitative estimate of drug-likeness (QED) is 0.761. The molecule has 94 valence electrons. The minimum atomic E-state index is 0.613. The minimum absolute atomic E-state index is 0.613. The number of aryl methyl sites for hydroxylation is 1. The molecule has 0 atom stereocenters. The van der Waals surface area contributed by atoms with Gasteiger partial charge in [0, 0.05) is 11.5 Å². The topological polar surface area (TPSA) is 26.0 Å². The second-order valence-corrected chi connectivity index (χ2v) is 5.28. The molecule has 0 N–H and O–H groups in total. The number of benzene rings is 1. The smallest absolute Gasteiger partial charge is 0.226 e. The van der Waals surface area contributed by atoms with Gasteiger partial charge in [0.2, 0.25) is 5.89 Å². The molecule has 1 aliphatic carbocycles. The van der Waals surface area contributed by atoms with Crippen molar-refractivity contribution in [3.63, 3.8) is 0 Å². The van der Waals surface area contributed by atoms with E-state index in [0.717, 1.165) is 17.1 Å². The molecule has 1 aromatic heterocycles. The second kappa shape index (κ2) is 4.97. The summed E-state index contributed by atoms with van der Waals surface area (Å²) >= 11 is 0. The van der Waals surface area contributed by atoms with Gasteiger partial charge in [-0.1, -0.05) is 37.0 Å². The van der Waals surface area contributed by atoms with Gasteiger partial charge < -0.3 is 4.42 Å². The summed E-state index contributed by atoms with van der Waals surface area (Å²) in [6, 6.07) is 8.34. The molecule has 0 spiro atoms. The summed E-state index contributed by atoms with van der Waals surface area (Å²) in [5.74, 6) is 1.37. The van der Waals surface area contributed by atoms with Crippen molar-refractivity contribution < 1.29 is 4.42 Å². The van der Waals surface area contributed by atoms with E-state index < -0.39 is 0 Å². The fourth-order valence-corrected chi connectivity index (χ4v) is 2.70. The average Bonchev–Trinajstić information content (AvgIpc) is 2.90. The fraction of sp³-hybridized carbons (Fsp3) is 0.438. The third-order valence-electron chi connectivity index (χ3n) is 3.84. The molecule has 0 bridgehead atoms. The molecule has 2 heteroatoms. The van der Waals surface area contributed by atoms with E-state index in [1.54, 1.807) is 0 Å². The van der Waals surface area contributed by atoms with Gasteiger partial charge in [-0.05, 0) is 31.9 Å². The summed E-state index contributed by atoms with van der Waals surface area (Å²) in [7, 11) is 0. The zero-order valence-electron chi connectivity index (χ0n) is 10.9. The molecule has 1 saturated carbocycles. The SMILES string of the molecule is Cc1ccc(-c2nc(C3CCCCC3)co2)cc1. The summed E-state index contributed by atoms with van der Waals surface area (Å²) in [5.41, 5.74) is 3.48. The molecular weight excluding hydrogens is 222 g/mol. The van der Waals surface area contributed by atoms with Crippen molar-refractivity contribution in [1.82, 2.24) is 4.98 Å². The molecule has 3 rings (SSSR count). The molecule has 0 radical (unpaired) electrons. The van der Waals surface area contributed by atoms with Crippen molar-refractivity contribution in [3.05, 3.63) is 41.8 Å². The van der Waals surface area contributed by atoms with E-state index in [0.29, 0.717) is 5.92 Å². The first-order valence-corrected chi connectivity index (χ1v) is 6.85. The molecule has 18 heavy (non-hydrogen) atoms. The number of hydrogen-bond acceptors (Lipinski definition) is 2. The highest BCUT2D eigenvalue weighted by molar-refractivity contribution is 5.53.